The van der Waals surface area contributed by atoms with Crippen molar-refractivity contribution in [1.29, 1.82) is 0 Å². The molecule has 3 nitrogen and oxygen atoms in total. The predicted molar refractivity (Wildman–Crippen MR) is 68.9 cm³/mol. The minimum atomic E-state index is -0.328. The molecule has 0 saturated heterocycles. The van der Waals surface area contributed by atoms with Crippen LogP contribution >= 0.6 is 15.9 Å². The first-order valence-corrected chi connectivity index (χ1v) is 6.26. The van der Waals surface area contributed by atoms with Crippen molar-refractivity contribution in [2.45, 2.75) is 32.8 Å². The summed E-state index contributed by atoms with van der Waals surface area (Å²) in [5.74, 6) is -0.372. The summed E-state index contributed by atoms with van der Waals surface area (Å²) in [7, 11) is 0. The molecule has 0 aliphatic heterocycles. The lowest BCUT2D eigenvalue weighted by molar-refractivity contribution is -0.147. The van der Waals surface area contributed by atoms with Crippen molar-refractivity contribution in [1.82, 2.24) is 0 Å². The number of halogens is 1. The molecule has 0 heterocycles. The Labute approximate surface area is 109 Å². The molecule has 1 aromatic carbocycles. The zero-order valence-corrected chi connectivity index (χ0v) is 11.5. The van der Waals surface area contributed by atoms with E-state index in [1.807, 2.05) is 0 Å². The third kappa shape index (κ3) is 5.13. The van der Waals surface area contributed by atoms with Gasteiger partial charge in [-0.3, -0.25) is 9.59 Å². The fourth-order valence-corrected chi connectivity index (χ4v) is 1.58. The molecule has 0 amide bonds. The molecule has 0 fully saturated rings. The number of esters is 1. The van der Waals surface area contributed by atoms with Crippen molar-refractivity contribution in [2.24, 2.45) is 0 Å². The first-order valence-electron chi connectivity index (χ1n) is 5.47. The number of rotatable bonds is 5. The molecule has 17 heavy (non-hydrogen) atoms. The second-order valence-electron chi connectivity index (χ2n) is 3.97. The quantitative estimate of drug-likeness (QED) is 0.618. The molecule has 0 spiro atoms. The summed E-state index contributed by atoms with van der Waals surface area (Å²) in [6.07, 6.45) is 0.186. The number of carbonyl (C=O) groups is 2. The van der Waals surface area contributed by atoms with Gasteiger partial charge >= 0.3 is 5.97 Å². The third-order valence-electron chi connectivity index (χ3n) is 2.09. The highest BCUT2D eigenvalue weighted by Crippen LogP contribution is 2.12. The zero-order chi connectivity index (χ0) is 12.8. The molecule has 4 heteroatoms. The van der Waals surface area contributed by atoms with Gasteiger partial charge in [0, 0.05) is 16.5 Å². The van der Waals surface area contributed by atoms with Crippen LogP contribution in [0.15, 0.2) is 28.7 Å². The molecule has 92 valence electrons. The highest BCUT2D eigenvalue weighted by molar-refractivity contribution is 9.10. The Morgan fingerprint density at radius 1 is 1.18 bits per heavy atom. The smallest absolute Gasteiger partial charge is 0.306 e. The molecule has 0 aliphatic rings. The summed E-state index contributed by atoms with van der Waals surface area (Å²) >= 11 is 3.30. The largest absolute Gasteiger partial charge is 0.463 e. The fraction of sp³-hybridized carbons (Fsp3) is 0.385. The Bertz CT molecular complexity index is 396. The molecule has 0 aromatic heterocycles. The lowest BCUT2D eigenvalue weighted by Crippen LogP contribution is -2.12. The van der Waals surface area contributed by atoms with E-state index in [9.17, 15) is 9.59 Å². The summed E-state index contributed by atoms with van der Waals surface area (Å²) in [4.78, 5) is 23.0. The van der Waals surface area contributed by atoms with Gasteiger partial charge in [0.25, 0.3) is 0 Å². The SMILES string of the molecule is CC(C)OC(=O)CCC(=O)c1ccc(Br)cc1. The summed E-state index contributed by atoms with van der Waals surface area (Å²) in [5, 5.41) is 0. The van der Waals surface area contributed by atoms with Crippen LogP contribution in [-0.4, -0.2) is 17.9 Å². The molecule has 0 saturated carbocycles. The Morgan fingerprint density at radius 2 is 1.76 bits per heavy atom. The second kappa shape index (κ2) is 6.55. The number of hydrogen-bond acceptors (Lipinski definition) is 3. The number of ketones is 1. The van der Waals surface area contributed by atoms with E-state index in [0.717, 1.165) is 4.47 Å². The van der Waals surface area contributed by atoms with Crippen LogP contribution in [-0.2, 0) is 9.53 Å². The average Bonchev–Trinajstić information content (AvgIpc) is 2.26. The van der Waals surface area contributed by atoms with Gasteiger partial charge < -0.3 is 4.74 Å². The number of hydrogen-bond donors (Lipinski definition) is 0. The topological polar surface area (TPSA) is 43.4 Å². The van der Waals surface area contributed by atoms with Crippen molar-refractivity contribution < 1.29 is 14.3 Å². The van der Waals surface area contributed by atoms with Crippen molar-refractivity contribution in [2.75, 3.05) is 0 Å². The Kier molecular flexibility index (Phi) is 5.35. The van der Waals surface area contributed by atoms with Gasteiger partial charge in [0.15, 0.2) is 5.78 Å². The monoisotopic (exact) mass is 298 g/mol. The molecule has 1 aromatic rings. The summed E-state index contributed by atoms with van der Waals surface area (Å²) in [6, 6.07) is 7.08. The van der Waals surface area contributed by atoms with Gasteiger partial charge in [-0.25, -0.2) is 0 Å². The van der Waals surface area contributed by atoms with Crippen LogP contribution in [0, 0.1) is 0 Å². The molecule has 0 radical (unpaired) electrons. The fourth-order valence-electron chi connectivity index (χ4n) is 1.32. The first kappa shape index (κ1) is 13.9. The third-order valence-corrected chi connectivity index (χ3v) is 2.62. The number of ether oxygens (including phenoxy) is 1. The number of Topliss-reactive ketones (excluding diaryl/α,β-unsaturated/α-hetero) is 1. The lowest BCUT2D eigenvalue weighted by atomic mass is 10.1. The van der Waals surface area contributed by atoms with Crippen LogP contribution in [0.3, 0.4) is 0 Å². The van der Waals surface area contributed by atoms with E-state index in [-0.39, 0.29) is 30.7 Å². The highest BCUT2D eigenvalue weighted by atomic mass is 79.9. The van der Waals surface area contributed by atoms with Gasteiger partial charge in [0.2, 0.25) is 0 Å². The van der Waals surface area contributed by atoms with E-state index >= 15 is 0 Å². The maximum absolute atomic E-state index is 11.7. The van der Waals surface area contributed by atoms with Crippen LogP contribution in [0.25, 0.3) is 0 Å². The minimum Gasteiger partial charge on any atom is -0.463 e. The zero-order valence-electron chi connectivity index (χ0n) is 9.90. The Balaban J connectivity index is 2.45. The number of carbonyl (C=O) groups excluding carboxylic acids is 2. The van der Waals surface area contributed by atoms with Crippen molar-refractivity contribution >= 4 is 27.7 Å². The molecule has 0 unspecified atom stereocenters. The van der Waals surface area contributed by atoms with Gasteiger partial charge in [-0.15, -0.1) is 0 Å². The molecule has 0 atom stereocenters. The van der Waals surface area contributed by atoms with Crippen molar-refractivity contribution in [3.63, 3.8) is 0 Å². The van der Waals surface area contributed by atoms with E-state index < -0.39 is 0 Å². The first-order chi connectivity index (χ1) is 7.99. The van der Waals surface area contributed by atoms with E-state index in [4.69, 9.17) is 4.74 Å². The molecule has 0 bridgehead atoms. The van der Waals surface area contributed by atoms with Gasteiger partial charge in [-0.1, -0.05) is 28.1 Å². The maximum Gasteiger partial charge on any atom is 0.306 e. The van der Waals surface area contributed by atoms with Crippen LogP contribution in [0.2, 0.25) is 0 Å². The van der Waals surface area contributed by atoms with Crippen molar-refractivity contribution in [3.8, 4) is 0 Å². The van der Waals surface area contributed by atoms with Crippen LogP contribution in [0.5, 0.6) is 0 Å². The summed E-state index contributed by atoms with van der Waals surface area (Å²) in [5.41, 5.74) is 0.616. The van der Waals surface area contributed by atoms with E-state index in [1.54, 1.807) is 38.1 Å². The van der Waals surface area contributed by atoms with E-state index in [1.165, 1.54) is 0 Å². The van der Waals surface area contributed by atoms with Gasteiger partial charge in [0.1, 0.15) is 0 Å². The maximum atomic E-state index is 11.7. The van der Waals surface area contributed by atoms with Gasteiger partial charge in [-0.2, -0.15) is 0 Å². The van der Waals surface area contributed by atoms with Gasteiger partial charge in [0.05, 0.1) is 12.5 Å². The lowest BCUT2D eigenvalue weighted by Gasteiger charge is -2.07. The summed E-state index contributed by atoms with van der Waals surface area (Å²) < 4.78 is 5.88. The normalized spacial score (nSPS) is 10.4. The predicted octanol–water partition coefficient (Wildman–Crippen LogP) is 3.36. The van der Waals surface area contributed by atoms with Crippen LogP contribution < -0.4 is 0 Å². The van der Waals surface area contributed by atoms with Crippen LogP contribution in [0.1, 0.15) is 37.0 Å². The molecule has 0 N–H and O–H groups in total. The Hall–Kier alpha value is -1.16. The molecule has 0 aliphatic carbocycles. The Morgan fingerprint density at radius 3 is 2.29 bits per heavy atom. The van der Waals surface area contributed by atoms with E-state index in [2.05, 4.69) is 15.9 Å². The van der Waals surface area contributed by atoms with Gasteiger partial charge in [-0.05, 0) is 26.0 Å². The molecular weight excluding hydrogens is 284 g/mol. The highest BCUT2D eigenvalue weighted by Gasteiger charge is 2.11. The number of benzene rings is 1. The van der Waals surface area contributed by atoms with E-state index in [0.29, 0.717) is 5.56 Å². The minimum absolute atomic E-state index is 0.0433. The molecular formula is C13H15BrO3. The van der Waals surface area contributed by atoms with Crippen LogP contribution in [0.4, 0.5) is 0 Å². The second-order valence-corrected chi connectivity index (χ2v) is 4.88. The average molecular weight is 299 g/mol. The standard InChI is InChI=1S/C13H15BrO3/c1-9(2)17-13(16)8-7-12(15)10-3-5-11(14)6-4-10/h3-6,9H,7-8H2,1-2H3. The molecule has 1 rings (SSSR count). The summed E-state index contributed by atoms with van der Waals surface area (Å²) in [6.45, 7) is 3.57. The van der Waals surface area contributed by atoms with Crippen molar-refractivity contribution in [3.05, 3.63) is 34.3 Å².